The van der Waals surface area contributed by atoms with Crippen molar-refractivity contribution in [1.82, 2.24) is 4.98 Å². The van der Waals surface area contributed by atoms with E-state index in [0.29, 0.717) is 34.6 Å². The van der Waals surface area contributed by atoms with Gasteiger partial charge in [0.05, 0.1) is 35.9 Å². The van der Waals surface area contributed by atoms with Crippen LogP contribution >= 0.6 is 11.6 Å². The SMILES string of the molecule is CCOc1cc(C#N)ccc1OC(=O)CCc1ncc(-c2ccccc2Cl)o1. The number of nitriles is 1. The molecule has 0 unspecified atom stereocenters. The summed E-state index contributed by atoms with van der Waals surface area (Å²) in [5.41, 5.74) is 1.17. The van der Waals surface area contributed by atoms with Crippen molar-refractivity contribution in [3.8, 4) is 28.9 Å². The van der Waals surface area contributed by atoms with Crippen molar-refractivity contribution in [3.63, 3.8) is 0 Å². The largest absolute Gasteiger partial charge is 0.490 e. The second-order valence-corrected chi connectivity index (χ2v) is 6.19. The predicted octanol–water partition coefficient (Wildman–Crippen LogP) is 4.80. The maximum absolute atomic E-state index is 12.2. The lowest BCUT2D eigenvalue weighted by Crippen LogP contribution is -2.10. The van der Waals surface area contributed by atoms with Gasteiger partial charge < -0.3 is 13.9 Å². The normalized spacial score (nSPS) is 10.3. The molecular formula is C21H17ClN2O4. The van der Waals surface area contributed by atoms with Gasteiger partial charge in [0, 0.05) is 18.1 Å². The Bertz CT molecular complexity index is 1020. The average molecular weight is 397 g/mol. The number of carbonyl (C=O) groups excluding carboxylic acids is 1. The summed E-state index contributed by atoms with van der Waals surface area (Å²) in [6, 6.07) is 14.0. The molecule has 1 heterocycles. The highest BCUT2D eigenvalue weighted by Crippen LogP contribution is 2.30. The van der Waals surface area contributed by atoms with Crippen LogP contribution in [0.3, 0.4) is 0 Å². The van der Waals surface area contributed by atoms with Gasteiger partial charge in [0.1, 0.15) is 0 Å². The molecule has 0 fully saturated rings. The second kappa shape index (κ2) is 9.07. The van der Waals surface area contributed by atoms with Crippen LogP contribution < -0.4 is 9.47 Å². The van der Waals surface area contributed by atoms with Crippen molar-refractivity contribution in [1.29, 1.82) is 5.26 Å². The van der Waals surface area contributed by atoms with Crippen LogP contribution in [-0.2, 0) is 11.2 Å². The Balaban J connectivity index is 1.63. The monoisotopic (exact) mass is 396 g/mol. The summed E-state index contributed by atoms with van der Waals surface area (Å²) in [5, 5.41) is 9.54. The molecule has 0 saturated heterocycles. The van der Waals surface area contributed by atoms with E-state index in [0.717, 1.165) is 5.56 Å². The minimum atomic E-state index is -0.455. The van der Waals surface area contributed by atoms with Crippen LogP contribution in [0.1, 0.15) is 24.8 Å². The molecule has 0 saturated carbocycles. The Kier molecular flexibility index (Phi) is 6.30. The van der Waals surface area contributed by atoms with Gasteiger partial charge in [0.15, 0.2) is 23.1 Å². The number of carbonyl (C=O) groups is 1. The Hall–Kier alpha value is -3.30. The smallest absolute Gasteiger partial charge is 0.311 e. The zero-order valence-electron chi connectivity index (χ0n) is 15.1. The number of halogens is 1. The first-order valence-corrected chi connectivity index (χ1v) is 9.05. The van der Waals surface area contributed by atoms with Crippen LogP contribution in [0, 0.1) is 11.3 Å². The first-order chi connectivity index (χ1) is 13.6. The number of hydrogen-bond acceptors (Lipinski definition) is 6. The summed E-state index contributed by atoms with van der Waals surface area (Å²) < 4.78 is 16.5. The molecule has 142 valence electrons. The quantitative estimate of drug-likeness (QED) is 0.421. The highest BCUT2D eigenvalue weighted by atomic mass is 35.5. The maximum Gasteiger partial charge on any atom is 0.311 e. The summed E-state index contributed by atoms with van der Waals surface area (Å²) in [4.78, 5) is 16.4. The lowest BCUT2D eigenvalue weighted by Gasteiger charge is -2.10. The molecular weight excluding hydrogens is 380 g/mol. The molecule has 0 radical (unpaired) electrons. The van der Waals surface area contributed by atoms with Crippen molar-refractivity contribution in [3.05, 3.63) is 65.1 Å². The Labute approximate surface area is 167 Å². The number of oxazole rings is 1. The van der Waals surface area contributed by atoms with Gasteiger partial charge in [-0.1, -0.05) is 23.7 Å². The van der Waals surface area contributed by atoms with Gasteiger partial charge in [0.25, 0.3) is 0 Å². The van der Waals surface area contributed by atoms with Gasteiger partial charge in [-0.25, -0.2) is 4.98 Å². The van der Waals surface area contributed by atoms with Crippen LogP contribution in [0.15, 0.2) is 53.1 Å². The van der Waals surface area contributed by atoms with Gasteiger partial charge in [-0.05, 0) is 31.2 Å². The number of rotatable bonds is 7. The van der Waals surface area contributed by atoms with E-state index in [9.17, 15) is 4.79 Å². The second-order valence-electron chi connectivity index (χ2n) is 5.78. The zero-order valence-corrected chi connectivity index (χ0v) is 15.9. The van der Waals surface area contributed by atoms with E-state index in [1.54, 1.807) is 24.4 Å². The van der Waals surface area contributed by atoms with E-state index in [4.69, 9.17) is 30.8 Å². The fourth-order valence-electron chi connectivity index (χ4n) is 2.52. The fraction of sp³-hybridized carbons (Fsp3) is 0.190. The lowest BCUT2D eigenvalue weighted by molar-refractivity contribution is -0.134. The van der Waals surface area contributed by atoms with Crippen molar-refractivity contribution in [2.75, 3.05) is 6.61 Å². The summed E-state index contributed by atoms with van der Waals surface area (Å²) in [6.45, 7) is 2.20. The van der Waals surface area contributed by atoms with Crippen LogP contribution in [0.4, 0.5) is 0 Å². The fourth-order valence-corrected chi connectivity index (χ4v) is 2.75. The first kappa shape index (κ1) is 19.5. The lowest BCUT2D eigenvalue weighted by atomic mass is 10.2. The van der Waals surface area contributed by atoms with Gasteiger partial charge >= 0.3 is 5.97 Å². The number of nitrogens with zero attached hydrogens (tertiary/aromatic N) is 2. The van der Waals surface area contributed by atoms with Crippen LogP contribution in [0.5, 0.6) is 11.5 Å². The number of esters is 1. The topological polar surface area (TPSA) is 85.4 Å². The third kappa shape index (κ3) is 4.70. The molecule has 0 N–H and O–H groups in total. The van der Waals surface area contributed by atoms with Gasteiger partial charge in [-0.3, -0.25) is 4.79 Å². The minimum Gasteiger partial charge on any atom is -0.490 e. The van der Waals surface area contributed by atoms with Gasteiger partial charge in [-0.15, -0.1) is 0 Å². The third-order valence-electron chi connectivity index (χ3n) is 3.83. The van der Waals surface area contributed by atoms with Gasteiger partial charge in [-0.2, -0.15) is 5.26 Å². The molecule has 0 spiro atoms. The maximum atomic E-state index is 12.2. The number of benzene rings is 2. The highest BCUT2D eigenvalue weighted by Gasteiger charge is 2.14. The molecule has 0 aliphatic rings. The molecule has 7 heteroatoms. The molecule has 1 aromatic heterocycles. The van der Waals surface area contributed by atoms with Crippen molar-refractivity contribution in [2.45, 2.75) is 19.8 Å². The van der Waals surface area contributed by atoms with E-state index in [2.05, 4.69) is 4.98 Å². The van der Waals surface area contributed by atoms with Crippen LogP contribution in [0.25, 0.3) is 11.3 Å². The van der Waals surface area contributed by atoms with Gasteiger partial charge in [0.2, 0.25) is 0 Å². The van der Waals surface area contributed by atoms with Crippen LogP contribution in [0.2, 0.25) is 5.02 Å². The van der Waals surface area contributed by atoms with Crippen molar-refractivity contribution < 1.29 is 18.7 Å². The number of aryl methyl sites for hydroxylation is 1. The number of aromatic nitrogens is 1. The molecule has 3 aromatic rings. The molecule has 6 nitrogen and oxygen atoms in total. The molecule has 0 aliphatic carbocycles. The number of hydrogen-bond donors (Lipinski definition) is 0. The molecule has 28 heavy (non-hydrogen) atoms. The molecule has 3 rings (SSSR count). The molecule has 0 amide bonds. The highest BCUT2D eigenvalue weighted by molar-refractivity contribution is 6.33. The van der Waals surface area contributed by atoms with E-state index < -0.39 is 5.97 Å². The Morgan fingerprint density at radius 3 is 2.82 bits per heavy atom. The standard InChI is InChI=1S/C21H17ClN2O4/c1-2-26-18-11-14(12-23)7-8-17(18)28-21(25)10-9-20-24-13-19(27-20)15-5-3-4-6-16(15)22/h3-8,11,13H,2,9-10H2,1H3. The molecule has 0 aliphatic heterocycles. The molecule has 0 atom stereocenters. The first-order valence-electron chi connectivity index (χ1n) is 8.68. The van der Waals surface area contributed by atoms with E-state index in [1.807, 2.05) is 31.2 Å². The van der Waals surface area contributed by atoms with E-state index >= 15 is 0 Å². The summed E-state index contributed by atoms with van der Waals surface area (Å²) in [5.74, 6) is 1.13. The Morgan fingerprint density at radius 1 is 1.25 bits per heavy atom. The van der Waals surface area contributed by atoms with Crippen molar-refractivity contribution >= 4 is 17.6 Å². The zero-order chi connectivity index (χ0) is 19.9. The molecule has 0 bridgehead atoms. The van der Waals surface area contributed by atoms with E-state index in [1.165, 1.54) is 6.07 Å². The van der Waals surface area contributed by atoms with Crippen LogP contribution in [-0.4, -0.2) is 17.6 Å². The third-order valence-corrected chi connectivity index (χ3v) is 4.16. The Morgan fingerprint density at radius 2 is 2.07 bits per heavy atom. The average Bonchev–Trinajstić information content (AvgIpc) is 3.17. The summed E-state index contributed by atoms with van der Waals surface area (Å²) >= 11 is 6.15. The summed E-state index contributed by atoms with van der Waals surface area (Å²) in [7, 11) is 0. The molecule has 2 aromatic carbocycles. The summed E-state index contributed by atoms with van der Waals surface area (Å²) in [6.07, 6.45) is 1.94. The number of ether oxygens (including phenoxy) is 2. The predicted molar refractivity (Wildman–Crippen MR) is 103 cm³/mol. The van der Waals surface area contributed by atoms with E-state index in [-0.39, 0.29) is 18.6 Å². The minimum absolute atomic E-state index is 0.0774. The van der Waals surface area contributed by atoms with Crippen molar-refractivity contribution in [2.24, 2.45) is 0 Å².